The van der Waals surface area contributed by atoms with Crippen molar-refractivity contribution in [2.45, 2.75) is 38.5 Å². The van der Waals surface area contributed by atoms with Crippen molar-refractivity contribution in [2.75, 3.05) is 18.4 Å². The smallest absolute Gasteiger partial charge is 0.321 e. The molecule has 1 saturated heterocycles. The third-order valence-corrected chi connectivity index (χ3v) is 3.73. The van der Waals surface area contributed by atoms with Gasteiger partial charge in [-0.05, 0) is 37.0 Å². The van der Waals surface area contributed by atoms with E-state index >= 15 is 0 Å². The van der Waals surface area contributed by atoms with Crippen molar-refractivity contribution in [3.63, 3.8) is 0 Å². The number of carbonyl (C=O) groups is 2. The molecule has 1 aliphatic heterocycles. The Balaban J connectivity index is 1.87. The van der Waals surface area contributed by atoms with Gasteiger partial charge < -0.3 is 15.3 Å². The second kappa shape index (κ2) is 7.67. The third kappa shape index (κ3) is 5.10. The van der Waals surface area contributed by atoms with Crippen LogP contribution in [0.2, 0.25) is 0 Å². The average molecular weight is 290 g/mol. The van der Waals surface area contributed by atoms with Crippen LogP contribution in [0, 0.1) is 0 Å². The molecule has 0 saturated carbocycles. The van der Waals surface area contributed by atoms with Crippen LogP contribution in [0.5, 0.6) is 0 Å². The average Bonchev–Trinajstić information content (AvgIpc) is 2.75. The molecule has 21 heavy (non-hydrogen) atoms. The van der Waals surface area contributed by atoms with E-state index in [1.54, 1.807) is 0 Å². The summed E-state index contributed by atoms with van der Waals surface area (Å²) in [7, 11) is 0. The second-order valence-corrected chi connectivity index (χ2v) is 5.42. The summed E-state index contributed by atoms with van der Waals surface area (Å²) in [4.78, 5) is 24.5. The van der Waals surface area contributed by atoms with Gasteiger partial charge in [-0.25, -0.2) is 4.79 Å². The fourth-order valence-electron chi connectivity index (χ4n) is 2.48. The quantitative estimate of drug-likeness (QED) is 0.895. The molecule has 0 radical (unpaired) electrons. The summed E-state index contributed by atoms with van der Waals surface area (Å²) in [6.45, 7) is 1.64. The first-order chi connectivity index (χ1) is 10.1. The number of hydrogen-bond acceptors (Lipinski definition) is 2. The van der Waals surface area contributed by atoms with Crippen molar-refractivity contribution in [3.05, 3.63) is 29.8 Å². The molecule has 1 aromatic rings. The van der Waals surface area contributed by atoms with Gasteiger partial charge in [-0.3, -0.25) is 4.79 Å². The molecule has 114 valence electrons. The summed E-state index contributed by atoms with van der Waals surface area (Å²) in [6, 6.07) is 7.33. The summed E-state index contributed by atoms with van der Waals surface area (Å²) < 4.78 is 0. The van der Waals surface area contributed by atoms with Crippen LogP contribution in [0.4, 0.5) is 10.5 Å². The largest absolute Gasteiger partial charge is 0.481 e. The first-order valence-corrected chi connectivity index (χ1v) is 7.52. The van der Waals surface area contributed by atoms with Gasteiger partial charge in [0.15, 0.2) is 0 Å². The molecule has 0 bridgehead atoms. The fraction of sp³-hybridized carbons (Fsp3) is 0.500. The summed E-state index contributed by atoms with van der Waals surface area (Å²) in [5.41, 5.74) is 1.72. The zero-order chi connectivity index (χ0) is 15.1. The highest BCUT2D eigenvalue weighted by Crippen LogP contribution is 2.14. The summed E-state index contributed by atoms with van der Waals surface area (Å²) >= 11 is 0. The minimum atomic E-state index is -0.798. The van der Waals surface area contributed by atoms with E-state index < -0.39 is 5.97 Å². The lowest BCUT2D eigenvalue weighted by Crippen LogP contribution is -2.35. The molecule has 1 aliphatic rings. The number of benzene rings is 1. The molecule has 5 heteroatoms. The molecule has 2 N–H and O–H groups in total. The van der Waals surface area contributed by atoms with Crippen molar-refractivity contribution < 1.29 is 14.7 Å². The van der Waals surface area contributed by atoms with Gasteiger partial charge in [-0.15, -0.1) is 0 Å². The van der Waals surface area contributed by atoms with Crippen molar-refractivity contribution in [3.8, 4) is 0 Å². The fourth-order valence-corrected chi connectivity index (χ4v) is 2.48. The van der Waals surface area contributed by atoms with E-state index in [9.17, 15) is 9.59 Å². The van der Waals surface area contributed by atoms with Gasteiger partial charge in [0.25, 0.3) is 0 Å². The number of nitrogens with one attached hydrogen (secondary N) is 1. The molecular formula is C16H22N2O3. The minimum Gasteiger partial charge on any atom is -0.481 e. The maximum atomic E-state index is 12.2. The van der Waals surface area contributed by atoms with Crippen LogP contribution in [0.15, 0.2) is 24.3 Å². The van der Waals surface area contributed by atoms with E-state index in [0.717, 1.165) is 37.2 Å². The standard InChI is InChI=1S/C16H22N2O3/c19-15(20)10-7-13-5-8-14(9-6-13)17-16(21)18-11-3-1-2-4-12-18/h5-6,8-9H,1-4,7,10-12H2,(H,17,21)(H,19,20). The number of hydrogen-bond donors (Lipinski definition) is 2. The zero-order valence-corrected chi connectivity index (χ0v) is 12.2. The maximum Gasteiger partial charge on any atom is 0.321 e. The van der Waals surface area contributed by atoms with Crippen LogP contribution in [-0.2, 0) is 11.2 Å². The predicted molar refractivity (Wildman–Crippen MR) is 81.5 cm³/mol. The summed E-state index contributed by atoms with van der Waals surface area (Å²) in [6.07, 6.45) is 5.17. The molecule has 2 amide bonds. The highest BCUT2D eigenvalue weighted by molar-refractivity contribution is 5.89. The molecule has 1 fully saturated rings. The maximum absolute atomic E-state index is 12.2. The Morgan fingerprint density at radius 2 is 1.67 bits per heavy atom. The molecule has 0 spiro atoms. The predicted octanol–water partition coefficient (Wildman–Crippen LogP) is 3.11. The van der Waals surface area contributed by atoms with E-state index in [4.69, 9.17) is 5.11 Å². The highest BCUT2D eigenvalue weighted by Gasteiger charge is 2.15. The number of carbonyl (C=O) groups excluding carboxylic acids is 1. The van der Waals surface area contributed by atoms with Crippen molar-refractivity contribution in [2.24, 2.45) is 0 Å². The molecular weight excluding hydrogens is 268 g/mol. The Morgan fingerprint density at radius 1 is 1.05 bits per heavy atom. The Hall–Kier alpha value is -2.04. The Morgan fingerprint density at radius 3 is 2.24 bits per heavy atom. The van der Waals surface area contributed by atoms with Crippen LogP contribution in [0.3, 0.4) is 0 Å². The number of anilines is 1. The van der Waals surface area contributed by atoms with Gasteiger partial charge in [0.2, 0.25) is 0 Å². The topological polar surface area (TPSA) is 69.6 Å². The number of carboxylic acid groups (broad SMARTS) is 1. The van der Waals surface area contributed by atoms with Crippen LogP contribution >= 0.6 is 0 Å². The number of aliphatic carboxylic acids is 1. The van der Waals surface area contributed by atoms with Gasteiger partial charge in [0.1, 0.15) is 0 Å². The van der Waals surface area contributed by atoms with Gasteiger partial charge >= 0.3 is 12.0 Å². The number of likely N-dealkylation sites (tertiary alicyclic amines) is 1. The van der Waals surface area contributed by atoms with E-state index in [1.165, 1.54) is 12.8 Å². The van der Waals surface area contributed by atoms with E-state index in [-0.39, 0.29) is 12.5 Å². The molecule has 0 atom stereocenters. The van der Waals surface area contributed by atoms with Gasteiger partial charge in [-0.1, -0.05) is 25.0 Å². The minimum absolute atomic E-state index is 0.0461. The van der Waals surface area contributed by atoms with Crippen LogP contribution in [-0.4, -0.2) is 35.1 Å². The Bertz CT molecular complexity index is 477. The molecule has 2 rings (SSSR count). The van der Waals surface area contributed by atoms with E-state index in [0.29, 0.717) is 6.42 Å². The normalized spacial score (nSPS) is 15.3. The van der Waals surface area contributed by atoms with E-state index in [2.05, 4.69) is 5.32 Å². The lowest BCUT2D eigenvalue weighted by atomic mass is 10.1. The SMILES string of the molecule is O=C(O)CCc1ccc(NC(=O)N2CCCCCC2)cc1. The Kier molecular flexibility index (Phi) is 5.60. The second-order valence-electron chi connectivity index (χ2n) is 5.42. The molecule has 0 unspecified atom stereocenters. The van der Waals surface area contributed by atoms with E-state index in [1.807, 2.05) is 29.2 Å². The lowest BCUT2D eigenvalue weighted by molar-refractivity contribution is -0.136. The number of aryl methyl sites for hydroxylation is 1. The monoisotopic (exact) mass is 290 g/mol. The van der Waals surface area contributed by atoms with Gasteiger partial charge in [-0.2, -0.15) is 0 Å². The summed E-state index contributed by atoms with van der Waals surface area (Å²) in [5, 5.41) is 11.6. The van der Waals surface area contributed by atoms with Crippen molar-refractivity contribution in [1.82, 2.24) is 4.90 Å². The molecule has 0 aromatic heterocycles. The van der Waals surface area contributed by atoms with Crippen molar-refractivity contribution >= 4 is 17.7 Å². The summed E-state index contributed by atoms with van der Waals surface area (Å²) in [5.74, 6) is -0.798. The van der Waals surface area contributed by atoms with Gasteiger partial charge in [0.05, 0.1) is 0 Å². The molecule has 0 aliphatic carbocycles. The molecule has 1 aromatic carbocycles. The number of urea groups is 1. The molecule has 5 nitrogen and oxygen atoms in total. The first-order valence-electron chi connectivity index (χ1n) is 7.52. The molecule has 1 heterocycles. The van der Waals surface area contributed by atoms with Crippen LogP contribution in [0.1, 0.15) is 37.7 Å². The van der Waals surface area contributed by atoms with Crippen LogP contribution in [0.25, 0.3) is 0 Å². The van der Waals surface area contributed by atoms with Gasteiger partial charge in [0, 0.05) is 25.2 Å². The lowest BCUT2D eigenvalue weighted by Gasteiger charge is -2.20. The highest BCUT2D eigenvalue weighted by atomic mass is 16.4. The zero-order valence-electron chi connectivity index (χ0n) is 12.2. The number of carboxylic acids is 1. The Labute approximate surface area is 125 Å². The first kappa shape index (κ1) is 15.4. The third-order valence-electron chi connectivity index (χ3n) is 3.73. The van der Waals surface area contributed by atoms with Crippen molar-refractivity contribution in [1.29, 1.82) is 0 Å². The number of rotatable bonds is 4. The van der Waals surface area contributed by atoms with Crippen LogP contribution < -0.4 is 5.32 Å². The number of nitrogens with zero attached hydrogens (tertiary/aromatic N) is 1. The number of amides is 2.